The minimum absolute atomic E-state index is 0.150. The molecule has 0 unspecified atom stereocenters. The van der Waals surface area contributed by atoms with Crippen molar-refractivity contribution >= 4 is 68.2 Å². The summed E-state index contributed by atoms with van der Waals surface area (Å²) in [5.74, 6) is -2.41. The number of thiocarbonyl (C=S) groups is 1. The molecule has 0 bridgehead atoms. The van der Waals surface area contributed by atoms with Gasteiger partial charge in [-0.1, -0.05) is 43.3 Å². The third kappa shape index (κ3) is 11.6. The molecular formula is C30H42N6O5S2. The average Bonchev–Trinajstić information content (AvgIpc) is 3.37. The van der Waals surface area contributed by atoms with Crippen molar-refractivity contribution < 1.29 is 24.0 Å². The molecule has 2 aromatic rings. The molecule has 3 rings (SSSR count). The summed E-state index contributed by atoms with van der Waals surface area (Å²) in [5, 5.41) is 17.0. The van der Waals surface area contributed by atoms with Crippen molar-refractivity contribution in [2.75, 3.05) is 13.1 Å². The number of hydrogen-bond donors (Lipinski definition) is 6. The predicted octanol–water partition coefficient (Wildman–Crippen LogP) is 1.96. The second-order valence-electron chi connectivity index (χ2n) is 10.8. The molecule has 0 saturated carbocycles. The molecule has 0 aliphatic carbocycles. The molecule has 0 spiro atoms. The van der Waals surface area contributed by atoms with Crippen molar-refractivity contribution in [2.45, 2.75) is 89.3 Å². The van der Waals surface area contributed by atoms with Crippen LogP contribution in [0.3, 0.4) is 0 Å². The van der Waals surface area contributed by atoms with Gasteiger partial charge in [0.2, 0.25) is 29.5 Å². The Kier molecular flexibility index (Phi) is 13.8. The van der Waals surface area contributed by atoms with Crippen molar-refractivity contribution in [1.29, 1.82) is 0 Å². The first kappa shape index (κ1) is 33.9. The van der Waals surface area contributed by atoms with E-state index < -0.39 is 35.8 Å². The number of primary amides is 1. The van der Waals surface area contributed by atoms with Crippen LogP contribution in [0.25, 0.3) is 10.1 Å². The largest absolute Gasteiger partial charge is 0.380 e. The molecule has 1 aromatic heterocycles. The predicted molar refractivity (Wildman–Crippen MR) is 171 cm³/mol. The van der Waals surface area contributed by atoms with Gasteiger partial charge in [0.05, 0.1) is 4.99 Å². The van der Waals surface area contributed by atoms with Gasteiger partial charge < -0.3 is 32.3 Å². The summed E-state index contributed by atoms with van der Waals surface area (Å²) < 4.78 is 1.08. The van der Waals surface area contributed by atoms with E-state index in [0.29, 0.717) is 37.2 Å². The van der Waals surface area contributed by atoms with Gasteiger partial charge in [0, 0.05) is 37.1 Å². The Labute approximate surface area is 261 Å². The van der Waals surface area contributed by atoms with Crippen LogP contribution in [-0.2, 0) is 30.4 Å². The van der Waals surface area contributed by atoms with Gasteiger partial charge in [-0.05, 0) is 61.4 Å². The highest BCUT2D eigenvalue weighted by atomic mass is 32.1. The van der Waals surface area contributed by atoms with E-state index in [4.69, 9.17) is 18.0 Å². The molecule has 1 aromatic carbocycles. The third-order valence-electron chi connectivity index (χ3n) is 7.28. The molecule has 7 N–H and O–H groups in total. The number of fused-ring (bicyclic) bond motifs is 1. The van der Waals surface area contributed by atoms with Crippen molar-refractivity contribution in [1.82, 2.24) is 26.6 Å². The Bertz CT molecular complexity index is 1300. The Morgan fingerprint density at radius 1 is 0.953 bits per heavy atom. The van der Waals surface area contributed by atoms with Crippen molar-refractivity contribution in [3.8, 4) is 0 Å². The maximum Gasteiger partial charge on any atom is 0.243 e. The molecule has 1 saturated heterocycles. The zero-order valence-corrected chi connectivity index (χ0v) is 26.2. The number of unbranched alkanes of at least 4 members (excludes halogenated alkanes) is 1. The van der Waals surface area contributed by atoms with Crippen LogP contribution < -0.4 is 32.3 Å². The molecule has 11 nitrogen and oxygen atoms in total. The smallest absolute Gasteiger partial charge is 0.243 e. The lowest BCUT2D eigenvalue weighted by atomic mass is 10.0. The van der Waals surface area contributed by atoms with Gasteiger partial charge in [-0.15, -0.1) is 11.3 Å². The van der Waals surface area contributed by atoms with Gasteiger partial charge in [0.1, 0.15) is 18.1 Å². The van der Waals surface area contributed by atoms with E-state index >= 15 is 0 Å². The van der Waals surface area contributed by atoms with Crippen LogP contribution in [0.5, 0.6) is 0 Å². The maximum absolute atomic E-state index is 13.7. The molecule has 2 heterocycles. The number of hydrogen-bond acceptors (Lipinski definition) is 7. The van der Waals surface area contributed by atoms with E-state index in [9.17, 15) is 24.0 Å². The summed E-state index contributed by atoms with van der Waals surface area (Å²) in [4.78, 5) is 65.2. The number of thiophene rings is 1. The molecule has 13 heteroatoms. The van der Waals surface area contributed by atoms with Crippen molar-refractivity contribution in [2.24, 2.45) is 5.73 Å². The number of carbonyl (C=O) groups excluding carboxylic acids is 5. The second kappa shape index (κ2) is 17.5. The fourth-order valence-corrected chi connectivity index (χ4v) is 5.97. The number of carbonyl (C=O) groups is 5. The van der Waals surface area contributed by atoms with Crippen LogP contribution in [-0.4, -0.2) is 65.7 Å². The lowest BCUT2D eigenvalue weighted by Gasteiger charge is -2.25. The molecule has 43 heavy (non-hydrogen) atoms. The summed E-state index contributed by atoms with van der Waals surface area (Å²) in [6.07, 6.45) is 5.04. The quantitative estimate of drug-likeness (QED) is 0.191. The first-order valence-electron chi connectivity index (χ1n) is 14.8. The average molecular weight is 631 g/mol. The summed E-state index contributed by atoms with van der Waals surface area (Å²) in [5.41, 5.74) is 6.46. The molecule has 0 radical (unpaired) electrons. The van der Waals surface area contributed by atoms with Crippen LogP contribution >= 0.6 is 23.6 Å². The molecule has 1 aliphatic rings. The summed E-state index contributed by atoms with van der Waals surface area (Å²) in [6.45, 7) is 2.24. The fourth-order valence-electron chi connectivity index (χ4n) is 4.89. The summed E-state index contributed by atoms with van der Waals surface area (Å²) in [7, 11) is 0. The maximum atomic E-state index is 13.7. The fraction of sp³-hybridized carbons (Fsp3) is 0.533. The van der Waals surface area contributed by atoms with E-state index in [0.717, 1.165) is 28.5 Å². The highest BCUT2D eigenvalue weighted by molar-refractivity contribution is 7.80. The number of amides is 5. The monoisotopic (exact) mass is 630 g/mol. The van der Waals surface area contributed by atoms with Gasteiger partial charge in [-0.2, -0.15) is 0 Å². The van der Waals surface area contributed by atoms with E-state index in [2.05, 4.69) is 26.6 Å². The zero-order chi connectivity index (χ0) is 31.2. The van der Waals surface area contributed by atoms with E-state index in [-0.39, 0.29) is 44.0 Å². The summed E-state index contributed by atoms with van der Waals surface area (Å²) >= 11 is 6.61. The van der Waals surface area contributed by atoms with E-state index in [1.54, 1.807) is 18.3 Å². The van der Waals surface area contributed by atoms with E-state index in [1.807, 2.05) is 29.6 Å². The Morgan fingerprint density at radius 3 is 2.37 bits per heavy atom. The van der Waals surface area contributed by atoms with Crippen LogP contribution in [0.15, 0.2) is 29.6 Å². The van der Waals surface area contributed by atoms with Gasteiger partial charge in [0.15, 0.2) is 0 Å². The Morgan fingerprint density at radius 2 is 1.65 bits per heavy atom. The lowest BCUT2D eigenvalue weighted by Crippen LogP contribution is -2.58. The molecule has 1 fully saturated rings. The van der Waals surface area contributed by atoms with Crippen LogP contribution in [0.2, 0.25) is 0 Å². The molecule has 3 atom stereocenters. The van der Waals surface area contributed by atoms with Gasteiger partial charge in [-0.3, -0.25) is 24.0 Å². The van der Waals surface area contributed by atoms with Crippen molar-refractivity contribution in [3.63, 3.8) is 0 Å². The Balaban J connectivity index is 1.84. The van der Waals surface area contributed by atoms with E-state index in [1.165, 1.54) is 0 Å². The van der Waals surface area contributed by atoms with Crippen molar-refractivity contribution in [3.05, 3.63) is 35.2 Å². The topological polar surface area (TPSA) is 172 Å². The first-order chi connectivity index (χ1) is 20.6. The zero-order valence-electron chi connectivity index (χ0n) is 24.5. The standard InChI is InChI=1S/C30H42N6O5S2/c1-19(42)32-15-9-8-11-22-29(40)36-24(28(31)39)17-33-26(37)13-4-2-3-5-14-27(38)34-23(30(41)35-22)16-20-18-43-25-12-7-6-10-21(20)25/h6-7,10,12,18,22-24H,2-5,8-9,11,13-17H2,1H3,(H2,31,39)(H,32,42)(H,33,37)(H,34,38)(H,35,41)(H,36,40)/t22-,23-,24-/m0/s1. The van der Waals surface area contributed by atoms with Gasteiger partial charge in [-0.25, -0.2) is 0 Å². The Hall–Kier alpha value is -3.58. The minimum atomic E-state index is -1.15. The third-order valence-corrected chi connectivity index (χ3v) is 8.44. The lowest BCUT2D eigenvalue weighted by molar-refractivity contribution is -0.133. The number of nitrogens with two attached hydrogens (primary N) is 1. The summed E-state index contributed by atoms with van der Waals surface area (Å²) in [6, 6.07) is 4.80. The van der Waals surface area contributed by atoms with Crippen LogP contribution in [0.4, 0.5) is 0 Å². The number of benzene rings is 1. The SMILES string of the molecule is CC(=S)NCCCC[C@@H]1NC(=O)[C@H](Cc2csc3ccccc23)NC(=O)CCCCCCC(=O)NC[C@@H](C(N)=O)NC1=O. The first-order valence-corrected chi connectivity index (χ1v) is 16.1. The number of rotatable bonds is 8. The molecule has 1 aliphatic heterocycles. The molecular weight excluding hydrogens is 589 g/mol. The molecule has 5 amide bonds. The number of nitrogens with one attached hydrogen (secondary N) is 5. The van der Waals surface area contributed by atoms with Gasteiger partial charge >= 0.3 is 0 Å². The second-order valence-corrected chi connectivity index (χ2v) is 12.3. The normalized spacial score (nSPS) is 21.5. The molecule has 234 valence electrons. The minimum Gasteiger partial charge on any atom is -0.380 e. The highest BCUT2D eigenvalue weighted by Crippen LogP contribution is 2.26. The van der Waals surface area contributed by atoms with Gasteiger partial charge in [0.25, 0.3) is 0 Å². The highest BCUT2D eigenvalue weighted by Gasteiger charge is 2.30. The van der Waals surface area contributed by atoms with Crippen LogP contribution in [0, 0.1) is 0 Å². The van der Waals surface area contributed by atoms with Crippen LogP contribution in [0.1, 0.15) is 70.3 Å².